The molecular weight excluding hydrogens is 468 g/mol. The van der Waals surface area contributed by atoms with Crippen molar-refractivity contribution in [2.45, 2.75) is 45.2 Å². The number of H-pyrrole nitrogens is 1. The Morgan fingerprint density at radius 2 is 1.97 bits per heavy atom. The molecule has 1 atom stereocenters. The number of pyridine rings is 1. The van der Waals surface area contributed by atoms with Crippen molar-refractivity contribution in [3.05, 3.63) is 82.4 Å². The number of nitrogens with one attached hydrogen (secondary N) is 4. The number of hydrogen-bond donors (Lipinski definition) is 4. The van der Waals surface area contributed by atoms with E-state index in [4.69, 9.17) is 4.52 Å². The minimum atomic E-state index is -0.601. The van der Waals surface area contributed by atoms with E-state index in [2.05, 4.69) is 36.3 Å². The van der Waals surface area contributed by atoms with Crippen molar-refractivity contribution >= 4 is 23.4 Å². The fourth-order valence-electron chi connectivity index (χ4n) is 3.83. The first-order valence-corrected chi connectivity index (χ1v) is 11.6. The lowest BCUT2D eigenvalue weighted by Gasteiger charge is -2.19. The Hall–Kier alpha value is -4.28. The molecule has 1 fully saturated rings. The van der Waals surface area contributed by atoms with Crippen molar-refractivity contribution in [3.8, 4) is 0 Å². The van der Waals surface area contributed by atoms with E-state index in [1.807, 2.05) is 13.0 Å². The van der Waals surface area contributed by atoms with Crippen molar-refractivity contribution in [2.75, 3.05) is 10.6 Å². The molecule has 1 aromatic carbocycles. The highest BCUT2D eigenvalue weighted by molar-refractivity contribution is 5.94. The van der Waals surface area contributed by atoms with Crippen LogP contribution in [0.4, 0.5) is 26.2 Å². The maximum absolute atomic E-state index is 15.1. The summed E-state index contributed by atoms with van der Waals surface area (Å²) in [5.41, 5.74) is 2.54. The number of aromatic amines is 1. The highest BCUT2D eigenvalue weighted by Gasteiger charge is 2.26. The fourth-order valence-corrected chi connectivity index (χ4v) is 3.83. The molecule has 0 bridgehead atoms. The van der Waals surface area contributed by atoms with Crippen LogP contribution in [0.25, 0.3) is 0 Å². The number of nitrogens with zero attached hydrogens (tertiary/aromatic N) is 3. The highest BCUT2D eigenvalue weighted by atomic mass is 19.1. The molecule has 4 aromatic rings. The topological polar surface area (TPSA) is 121 Å². The minimum absolute atomic E-state index is 0.000355. The van der Waals surface area contributed by atoms with Crippen molar-refractivity contribution in [2.24, 2.45) is 0 Å². The van der Waals surface area contributed by atoms with Crippen molar-refractivity contribution in [1.29, 1.82) is 0 Å². The molecule has 9 nitrogen and oxygen atoms in total. The van der Waals surface area contributed by atoms with Crippen LogP contribution in [-0.2, 0) is 6.54 Å². The standard InChI is InChI=1S/C25H25F2N7O2/c1-13(15-5-7-18(26)8-6-15)30-23-17(11-28-25(35)19-12-29-36-14(19)2)9-20(27)24(32-23)31-22-10-21(33-34-22)16-3-4-16/h5-10,12-13,16H,3-4,11H2,1-2H3,(H,28,35)(H3,30,31,32,33,34). The number of aromatic nitrogens is 4. The third kappa shape index (κ3) is 5.19. The summed E-state index contributed by atoms with van der Waals surface area (Å²) in [6, 6.07) is 8.95. The van der Waals surface area contributed by atoms with Gasteiger partial charge in [-0.05, 0) is 50.5 Å². The van der Waals surface area contributed by atoms with E-state index in [1.165, 1.54) is 24.4 Å². The number of hydrogen-bond acceptors (Lipinski definition) is 7. The molecule has 186 valence electrons. The van der Waals surface area contributed by atoms with Crippen LogP contribution in [0.3, 0.4) is 0 Å². The average Bonchev–Trinajstić information content (AvgIpc) is 3.45. The molecule has 4 N–H and O–H groups in total. The summed E-state index contributed by atoms with van der Waals surface area (Å²) in [4.78, 5) is 17.0. The fraction of sp³-hybridized carbons (Fsp3) is 0.280. The number of halogens is 2. The van der Waals surface area contributed by atoms with Crippen LogP contribution in [0, 0.1) is 18.6 Å². The van der Waals surface area contributed by atoms with Gasteiger partial charge in [-0.2, -0.15) is 5.10 Å². The SMILES string of the molecule is Cc1oncc1C(=O)NCc1cc(F)c(Nc2cc(C3CC3)[nH]n2)nc1NC(C)c1ccc(F)cc1. The molecule has 3 aromatic heterocycles. The summed E-state index contributed by atoms with van der Waals surface area (Å²) in [5.74, 6) is 0.316. The van der Waals surface area contributed by atoms with Crippen LogP contribution >= 0.6 is 0 Å². The van der Waals surface area contributed by atoms with Gasteiger partial charge in [-0.1, -0.05) is 17.3 Å². The number of carbonyl (C=O) groups excluding carboxylic acids is 1. The molecule has 11 heteroatoms. The van der Waals surface area contributed by atoms with Gasteiger partial charge in [0.1, 0.15) is 23.0 Å². The first-order valence-electron chi connectivity index (χ1n) is 11.6. The van der Waals surface area contributed by atoms with Crippen molar-refractivity contribution in [3.63, 3.8) is 0 Å². The minimum Gasteiger partial charge on any atom is -0.363 e. The van der Waals surface area contributed by atoms with Gasteiger partial charge < -0.3 is 20.5 Å². The number of rotatable bonds is 9. The zero-order chi connectivity index (χ0) is 25.2. The van der Waals surface area contributed by atoms with Gasteiger partial charge in [-0.15, -0.1) is 0 Å². The molecule has 0 saturated heterocycles. The Morgan fingerprint density at radius 3 is 2.67 bits per heavy atom. The van der Waals surface area contributed by atoms with Gasteiger partial charge in [0, 0.05) is 35.8 Å². The highest BCUT2D eigenvalue weighted by Crippen LogP contribution is 2.39. The molecule has 1 aliphatic rings. The van der Waals surface area contributed by atoms with E-state index in [0.717, 1.165) is 24.1 Å². The first kappa shape index (κ1) is 23.5. The number of amides is 1. The van der Waals surface area contributed by atoms with Crippen molar-refractivity contribution < 1.29 is 18.1 Å². The molecule has 0 aliphatic heterocycles. The lowest BCUT2D eigenvalue weighted by molar-refractivity contribution is 0.0949. The summed E-state index contributed by atoms with van der Waals surface area (Å²) in [6.07, 6.45) is 3.54. The van der Waals surface area contributed by atoms with Gasteiger partial charge in [0.25, 0.3) is 5.91 Å². The largest absolute Gasteiger partial charge is 0.363 e. The normalized spacial score (nSPS) is 13.9. The Balaban J connectivity index is 1.40. The van der Waals surface area contributed by atoms with Crippen LogP contribution < -0.4 is 16.0 Å². The number of carbonyl (C=O) groups is 1. The number of benzene rings is 1. The number of aryl methyl sites for hydroxylation is 1. The molecule has 0 spiro atoms. The van der Waals surface area contributed by atoms with E-state index in [-0.39, 0.29) is 24.2 Å². The number of anilines is 3. The Kier molecular flexibility index (Phi) is 6.36. The second kappa shape index (κ2) is 9.76. The van der Waals surface area contributed by atoms with Gasteiger partial charge >= 0.3 is 0 Å². The second-order valence-electron chi connectivity index (χ2n) is 8.83. The Labute approximate surface area is 205 Å². The molecule has 5 rings (SSSR count). The molecule has 36 heavy (non-hydrogen) atoms. The Bertz CT molecular complexity index is 1380. The monoisotopic (exact) mass is 493 g/mol. The molecule has 1 amide bonds. The van der Waals surface area contributed by atoms with Gasteiger partial charge in [-0.3, -0.25) is 9.89 Å². The molecule has 1 unspecified atom stereocenters. The summed E-state index contributed by atoms with van der Waals surface area (Å²) >= 11 is 0. The van der Waals surface area contributed by atoms with Gasteiger partial charge in [0.15, 0.2) is 17.5 Å². The maximum Gasteiger partial charge on any atom is 0.256 e. The summed E-state index contributed by atoms with van der Waals surface area (Å²) in [7, 11) is 0. The smallest absolute Gasteiger partial charge is 0.256 e. The summed E-state index contributed by atoms with van der Waals surface area (Å²) in [5, 5.41) is 19.7. The predicted octanol–water partition coefficient (Wildman–Crippen LogP) is 5.10. The van der Waals surface area contributed by atoms with E-state index < -0.39 is 11.7 Å². The summed E-state index contributed by atoms with van der Waals surface area (Å²) in [6.45, 7) is 3.51. The zero-order valence-corrected chi connectivity index (χ0v) is 19.7. The maximum atomic E-state index is 15.1. The molecular formula is C25H25F2N7O2. The quantitative estimate of drug-likeness (QED) is 0.256. The molecule has 3 heterocycles. The Morgan fingerprint density at radius 1 is 1.19 bits per heavy atom. The summed E-state index contributed by atoms with van der Waals surface area (Å²) < 4.78 is 33.4. The second-order valence-corrected chi connectivity index (χ2v) is 8.83. The van der Waals surface area contributed by atoms with E-state index in [1.54, 1.807) is 19.1 Å². The van der Waals surface area contributed by atoms with E-state index in [0.29, 0.717) is 34.4 Å². The van der Waals surface area contributed by atoms with E-state index >= 15 is 4.39 Å². The van der Waals surface area contributed by atoms with Gasteiger partial charge in [0.2, 0.25) is 0 Å². The van der Waals surface area contributed by atoms with Gasteiger partial charge in [-0.25, -0.2) is 13.8 Å². The molecule has 1 saturated carbocycles. The van der Waals surface area contributed by atoms with Crippen LogP contribution in [0.15, 0.2) is 47.1 Å². The first-order chi connectivity index (χ1) is 17.4. The van der Waals surface area contributed by atoms with Crippen molar-refractivity contribution in [1.82, 2.24) is 25.7 Å². The van der Waals surface area contributed by atoms with Crippen LogP contribution in [-0.4, -0.2) is 26.2 Å². The molecule has 1 aliphatic carbocycles. The van der Waals surface area contributed by atoms with E-state index in [9.17, 15) is 9.18 Å². The lowest BCUT2D eigenvalue weighted by Crippen LogP contribution is -2.24. The molecule has 0 radical (unpaired) electrons. The zero-order valence-electron chi connectivity index (χ0n) is 19.7. The van der Waals surface area contributed by atoms with Crippen LogP contribution in [0.2, 0.25) is 0 Å². The van der Waals surface area contributed by atoms with Crippen LogP contribution in [0.1, 0.15) is 64.7 Å². The van der Waals surface area contributed by atoms with Gasteiger partial charge in [0.05, 0.1) is 6.20 Å². The predicted molar refractivity (Wildman–Crippen MR) is 129 cm³/mol. The third-order valence-electron chi connectivity index (χ3n) is 6.07. The van der Waals surface area contributed by atoms with Crippen LogP contribution in [0.5, 0.6) is 0 Å². The lowest BCUT2D eigenvalue weighted by atomic mass is 10.1. The third-order valence-corrected chi connectivity index (χ3v) is 6.07. The average molecular weight is 494 g/mol.